The molecule has 1 amide bonds. The van der Waals surface area contributed by atoms with Gasteiger partial charge >= 0.3 is 5.97 Å². The predicted molar refractivity (Wildman–Crippen MR) is 110 cm³/mol. The zero-order valence-corrected chi connectivity index (χ0v) is 17.0. The van der Waals surface area contributed by atoms with Gasteiger partial charge in [0.1, 0.15) is 11.5 Å². The van der Waals surface area contributed by atoms with Gasteiger partial charge in [-0.2, -0.15) is 0 Å². The summed E-state index contributed by atoms with van der Waals surface area (Å²) in [6.07, 6.45) is 4.05. The molecule has 0 saturated carbocycles. The number of carboxylic acids is 1. The van der Waals surface area contributed by atoms with Crippen LogP contribution in [0.5, 0.6) is 0 Å². The van der Waals surface area contributed by atoms with Crippen LogP contribution in [0, 0.1) is 5.92 Å². The van der Waals surface area contributed by atoms with Crippen molar-refractivity contribution in [3.63, 3.8) is 0 Å². The number of hydrogen-bond acceptors (Lipinski definition) is 4. The van der Waals surface area contributed by atoms with Gasteiger partial charge < -0.3 is 14.4 Å². The molecule has 29 heavy (non-hydrogen) atoms. The number of nitrogens with zero attached hydrogens (tertiary/aromatic N) is 2. The van der Waals surface area contributed by atoms with Gasteiger partial charge in [-0.25, -0.2) is 4.79 Å². The minimum absolute atomic E-state index is 0.0619. The number of hydrogen-bond donors (Lipinski definition) is 1. The van der Waals surface area contributed by atoms with Crippen LogP contribution < -0.4 is 0 Å². The monoisotopic (exact) mass is 416 g/mol. The van der Waals surface area contributed by atoms with E-state index in [1.165, 1.54) is 6.07 Å². The minimum atomic E-state index is -1.06. The van der Waals surface area contributed by atoms with Gasteiger partial charge in [-0.05, 0) is 69.1 Å². The lowest BCUT2D eigenvalue weighted by molar-refractivity contribution is -0.136. The van der Waals surface area contributed by atoms with Gasteiger partial charge in [0.2, 0.25) is 5.91 Å². The first kappa shape index (κ1) is 20.0. The normalized spacial score (nSPS) is 18.3. The van der Waals surface area contributed by atoms with Gasteiger partial charge in [0, 0.05) is 24.6 Å². The van der Waals surface area contributed by atoms with E-state index in [1.54, 1.807) is 12.1 Å². The summed E-state index contributed by atoms with van der Waals surface area (Å²) in [5, 5.41) is 9.45. The third-order valence-corrected chi connectivity index (χ3v) is 6.21. The molecule has 0 atom stereocenters. The number of furan rings is 1. The molecule has 3 heterocycles. The van der Waals surface area contributed by atoms with E-state index < -0.39 is 5.97 Å². The number of rotatable bonds is 5. The molecule has 1 aromatic heterocycles. The Hall–Kier alpha value is -2.31. The molecule has 7 heteroatoms. The van der Waals surface area contributed by atoms with Crippen LogP contribution in [0.4, 0.5) is 0 Å². The Morgan fingerprint density at radius 3 is 2.48 bits per heavy atom. The molecular formula is C22H25ClN2O4. The number of carboxylic acid groups (broad SMARTS) is 1. The second-order valence-corrected chi connectivity index (χ2v) is 8.26. The standard InChI is InChI=1S/C22H25ClN2O4/c23-19-5-3-16(13-18(19)22(27)28)20-6-4-17(29-20)14-24-11-7-15(8-12-24)21(26)25-9-1-2-10-25/h3-6,13,15H,1-2,7-12,14H2,(H,27,28). The minimum Gasteiger partial charge on any atom is -0.478 e. The highest BCUT2D eigenvalue weighted by Gasteiger charge is 2.30. The number of halogens is 1. The molecule has 2 aliphatic rings. The van der Waals surface area contributed by atoms with Crippen molar-refractivity contribution in [2.45, 2.75) is 32.2 Å². The zero-order valence-electron chi connectivity index (χ0n) is 16.3. The van der Waals surface area contributed by atoms with Crippen LogP contribution in [0.3, 0.4) is 0 Å². The number of amides is 1. The summed E-state index contributed by atoms with van der Waals surface area (Å²) in [7, 11) is 0. The van der Waals surface area contributed by atoms with E-state index in [0.717, 1.165) is 57.6 Å². The van der Waals surface area contributed by atoms with E-state index in [1.807, 2.05) is 17.0 Å². The van der Waals surface area contributed by atoms with Crippen molar-refractivity contribution in [2.75, 3.05) is 26.2 Å². The van der Waals surface area contributed by atoms with Gasteiger partial charge in [0.25, 0.3) is 0 Å². The third kappa shape index (κ3) is 4.49. The molecule has 6 nitrogen and oxygen atoms in total. The summed E-state index contributed by atoms with van der Waals surface area (Å²) in [4.78, 5) is 28.2. The van der Waals surface area contributed by atoms with Crippen LogP contribution in [0.25, 0.3) is 11.3 Å². The van der Waals surface area contributed by atoms with Crippen molar-refractivity contribution >= 4 is 23.5 Å². The van der Waals surface area contributed by atoms with E-state index in [-0.39, 0.29) is 16.5 Å². The molecule has 154 valence electrons. The van der Waals surface area contributed by atoms with Crippen molar-refractivity contribution < 1.29 is 19.1 Å². The Kier molecular flexibility index (Phi) is 5.92. The summed E-state index contributed by atoms with van der Waals surface area (Å²) in [5.74, 6) is 0.879. The molecule has 2 aromatic rings. The number of carbonyl (C=O) groups excluding carboxylic acids is 1. The lowest BCUT2D eigenvalue weighted by atomic mass is 9.95. The largest absolute Gasteiger partial charge is 0.478 e. The van der Waals surface area contributed by atoms with Gasteiger partial charge in [-0.1, -0.05) is 11.6 Å². The molecule has 2 aliphatic heterocycles. The van der Waals surface area contributed by atoms with Crippen LogP contribution in [0.1, 0.15) is 41.8 Å². The molecule has 2 fully saturated rings. The zero-order chi connectivity index (χ0) is 20.4. The molecule has 4 rings (SSSR count). The van der Waals surface area contributed by atoms with Crippen LogP contribution in [-0.4, -0.2) is 53.0 Å². The van der Waals surface area contributed by atoms with E-state index in [0.29, 0.717) is 23.8 Å². The predicted octanol–water partition coefficient (Wildman–Crippen LogP) is 4.13. The SMILES string of the molecule is O=C(O)c1cc(-c2ccc(CN3CCC(C(=O)N4CCCC4)CC3)o2)ccc1Cl. The maximum absolute atomic E-state index is 12.6. The Balaban J connectivity index is 1.35. The van der Waals surface area contributed by atoms with E-state index in [4.69, 9.17) is 16.0 Å². The molecular weight excluding hydrogens is 392 g/mol. The fourth-order valence-corrected chi connectivity index (χ4v) is 4.41. The maximum Gasteiger partial charge on any atom is 0.337 e. The van der Waals surface area contributed by atoms with Gasteiger partial charge in [-0.3, -0.25) is 9.69 Å². The van der Waals surface area contributed by atoms with Gasteiger partial charge in [0.05, 0.1) is 17.1 Å². The van der Waals surface area contributed by atoms with Crippen molar-refractivity contribution in [3.05, 3.63) is 46.7 Å². The molecule has 0 unspecified atom stereocenters. The second kappa shape index (κ2) is 8.59. The summed E-state index contributed by atoms with van der Waals surface area (Å²) in [6, 6.07) is 8.64. The third-order valence-electron chi connectivity index (χ3n) is 5.88. The molecule has 0 aliphatic carbocycles. The average molecular weight is 417 g/mol. The number of aromatic carboxylic acids is 1. The highest BCUT2D eigenvalue weighted by atomic mass is 35.5. The second-order valence-electron chi connectivity index (χ2n) is 7.85. The lowest BCUT2D eigenvalue weighted by Crippen LogP contribution is -2.41. The lowest BCUT2D eigenvalue weighted by Gasteiger charge is -2.32. The number of benzene rings is 1. The van der Waals surface area contributed by atoms with Crippen molar-refractivity contribution in [2.24, 2.45) is 5.92 Å². The molecule has 1 N–H and O–H groups in total. The molecule has 1 aromatic carbocycles. The first-order valence-corrected chi connectivity index (χ1v) is 10.5. The smallest absolute Gasteiger partial charge is 0.337 e. The van der Waals surface area contributed by atoms with Crippen LogP contribution in [-0.2, 0) is 11.3 Å². The van der Waals surface area contributed by atoms with Crippen LogP contribution >= 0.6 is 11.6 Å². The first-order valence-electron chi connectivity index (χ1n) is 10.1. The Morgan fingerprint density at radius 1 is 1.07 bits per heavy atom. The summed E-state index contributed by atoms with van der Waals surface area (Å²) >= 11 is 5.94. The molecule has 0 radical (unpaired) electrons. The Morgan fingerprint density at radius 2 is 1.79 bits per heavy atom. The molecule has 0 bridgehead atoms. The maximum atomic E-state index is 12.6. The van der Waals surface area contributed by atoms with Crippen molar-refractivity contribution in [3.8, 4) is 11.3 Å². The molecule has 0 spiro atoms. The quantitative estimate of drug-likeness (QED) is 0.793. The number of piperidine rings is 1. The van der Waals surface area contributed by atoms with E-state index >= 15 is 0 Å². The summed E-state index contributed by atoms with van der Waals surface area (Å²) in [5.41, 5.74) is 0.750. The first-order chi connectivity index (χ1) is 14.0. The fraction of sp³-hybridized carbons (Fsp3) is 0.455. The highest BCUT2D eigenvalue weighted by Crippen LogP contribution is 2.28. The Bertz CT molecular complexity index is 896. The van der Waals surface area contributed by atoms with Gasteiger partial charge in [0.15, 0.2) is 0 Å². The fourth-order valence-electron chi connectivity index (χ4n) is 4.21. The van der Waals surface area contributed by atoms with E-state index in [9.17, 15) is 14.7 Å². The average Bonchev–Trinajstić information content (AvgIpc) is 3.40. The number of likely N-dealkylation sites (tertiary alicyclic amines) is 2. The highest BCUT2D eigenvalue weighted by molar-refractivity contribution is 6.33. The van der Waals surface area contributed by atoms with Crippen LogP contribution in [0.15, 0.2) is 34.7 Å². The van der Waals surface area contributed by atoms with E-state index in [2.05, 4.69) is 4.90 Å². The summed E-state index contributed by atoms with van der Waals surface area (Å²) < 4.78 is 5.95. The Labute approximate surface area is 175 Å². The van der Waals surface area contributed by atoms with Gasteiger partial charge in [-0.15, -0.1) is 0 Å². The topological polar surface area (TPSA) is 74.0 Å². The molecule has 2 saturated heterocycles. The van der Waals surface area contributed by atoms with Crippen molar-refractivity contribution in [1.82, 2.24) is 9.80 Å². The van der Waals surface area contributed by atoms with Crippen molar-refractivity contribution in [1.29, 1.82) is 0 Å². The number of carbonyl (C=O) groups is 2. The summed E-state index contributed by atoms with van der Waals surface area (Å²) in [6.45, 7) is 4.28. The van der Waals surface area contributed by atoms with Crippen LogP contribution in [0.2, 0.25) is 5.02 Å².